The van der Waals surface area contributed by atoms with E-state index in [0.717, 1.165) is 24.0 Å². The lowest BCUT2D eigenvalue weighted by atomic mass is 9.54. The summed E-state index contributed by atoms with van der Waals surface area (Å²) < 4.78 is 5.88. The second kappa shape index (κ2) is 7.35. The molecular formula is C26H30O4. The molecule has 2 aromatic carbocycles. The summed E-state index contributed by atoms with van der Waals surface area (Å²) in [6, 6.07) is 19.3. The standard InChI is InChI=1S/C26H30O4/c1-4-21(27)23(28)30-22-17-20-15-16-25(22,24(20,2)3)26(29,18-11-7-5-8-12-18)19-13-9-6-10-14-19/h5-14,20,22,29H,4,15-17H2,1-3H3/t20-,22-,25-/m1/s1. The lowest BCUT2D eigenvalue weighted by molar-refractivity contribution is -0.186. The van der Waals surface area contributed by atoms with Crippen LogP contribution in [0.25, 0.3) is 0 Å². The number of esters is 1. The lowest BCUT2D eigenvalue weighted by Crippen LogP contribution is -2.57. The van der Waals surface area contributed by atoms with Crippen LogP contribution < -0.4 is 0 Å². The van der Waals surface area contributed by atoms with Gasteiger partial charge in [-0.05, 0) is 41.7 Å². The summed E-state index contributed by atoms with van der Waals surface area (Å²) in [6.45, 7) is 6.02. The second-order valence-corrected chi connectivity index (χ2v) is 9.28. The van der Waals surface area contributed by atoms with Gasteiger partial charge in [0, 0.05) is 11.8 Å². The summed E-state index contributed by atoms with van der Waals surface area (Å²) in [5.41, 5.74) is -0.806. The molecule has 0 unspecified atom stereocenters. The monoisotopic (exact) mass is 406 g/mol. The first-order valence-corrected chi connectivity index (χ1v) is 10.9. The summed E-state index contributed by atoms with van der Waals surface area (Å²) in [5, 5.41) is 12.7. The minimum atomic E-state index is -1.36. The van der Waals surface area contributed by atoms with Crippen LogP contribution in [0.1, 0.15) is 57.6 Å². The topological polar surface area (TPSA) is 63.6 Å². The summed E-state index contributed by atoms with van der Waals surface area (Å²) in [7, 11) is 0. The van der Waals surface area contributed by atoms with E-state index in [1.54, 1.807) is 6.92 Å². The van der Waals surface area contributed by atoms with Gasteiger partial charge in [-0.2, -0.15) is 0 Å². The molecule has 158 valence electrons. The summed E-state index contributed by atoms with van der Waals surface area (Å²) in [4.78, 5) is 24.5. The fourth-order valence-electron chi connectivity index (χ4n) is 6.31. The molecule has 2 bridgehead atoms. The average Bonchev–Trinajstić information content (AvgIpc) is 3.16. The molecule has 2 aromatic rings. The van der Waals surface area contributed by atoms with E-state index in [9.17, 15) is 14.7 Å². The molecule has 4 heteroatoms. The van der Waals surface area contributed by atoms with Crippen molar-refractivity contribution < 1.29 is 19.4 Å². The van der Waals surface area contributed by atoms with Crippen molar-refractivity contribution in [3.8, 4) is 0 Å². The molecule has 0 heterocycles. The summed E-state index contributed by atoms with van der Waals surface area (Å²) in [5.74, 6) is -0.992. The molecule has 30 heavy (non-hydrogen) atoms. The lowest BCUT2D eigenvalue weighted by Gasteiger charge is -2.53. The second-order valence-electron chi connectivity index (χ2n) is 9.28. The molecule has 2 fully saturated rings. The van der Waals surface area contributed by atoms with Gasteiger partial charge in [-0.3, -0.25) is 4.79 Å². The Morgan fingerprint density at radius 2 is 1.57 bits per heavy atom. The molecule has 2 aliphatic rings. The van der Waals surface area contributed by atoms with E-state index in [-0.39, 0.29) is 11.8 Å². The number of carbonyl (C=O) groups excluding carboxylic acids is 2. The molecule has 2 aliphatic carbocycles. The van der Waals surface area contributed by atoms with Crippen LogP contribution in [-0.4, -0.2) is 23.0 Å². The van der Waals surface area contributed by atoms with Crippen molar-refractivity contribution >= 4 is 11.8 Å². The van der Waals surface area contributed by atoms with Gasteiger partial charge in [0.2, 0.25) is 5.78 Å². The largest absolute Gasteiger partial charge is 0.456 e. The van der Waals surface area contributed by atoms with E-state index in [0.29, 0.717) is 12.3 Å². The molecule has 0 saturated heterocycles. The van der Waals surface area contributed by atoms with Crippen LogP contribution in [0.4, 0.5) is 0 Å². The quantitative estimate of drug-likeness (QED) is 0.561. The van der Waals surface area contributed by atoms with Gasteiger partial charge in [0.15, 0.2) is 0 Å². The van der Waals surface area contributed by atoms with Crippen LogP contribution >= 0.6 is 0 Å². The molecule has 0 aliphatic heterocycles. The van der Waals surface area contributed by atoms with Gasteiger partial charge >= 0.3 is 5.97 Å². The molecule has 0 spiro atoms. The van der Waals surface area contributed by atoms with E-state index in [2.05, 4.69) is 13.8 Å². The fraction of sp³-hybridized carbons (Fsp3) is 0.462. The van der Waals surface area contributed by atoms with Crippen molar-refractivity contribution in [2.45, 2.75) is 58.2 Å². The van der Waals surface area contributed by atoms with Crippen molar-refractivity contribution in [1.29, 1.82) is 0 Å². The highest BCUT2D eigenvalue weighted by atomic mass is 16.6. The Kier molecular flexibility index (Phi) is 5.09. The highest BCUT2D eigenvalue weighted by Crippen LogP contribution is 2.73. The summed E-state index contributed by atoms with van der Waals surface area (Å²) in [6.07, 6.45) is 1.94. The van der Waals surface area contributed by atoms with Gasteiger partial charge in [0.05, 0.1) is 0 Å². The molecule has 0 amide bonds. The number of aliphatic hydroxyl groups is 1. The number of ether oxygens (including phenoxy) is 1. The molecular weight excluding hydrogens is 376 g/mol. The molecule has 1 N–H and O–H groups in total. The zero-order valence-electron chi connectivity index (χ0n) is 17.9. The third kappa shape index (κ3) is 2.70. The SMILES string of the molecule is CCC(=O)C(=O)O[C@@H]1C[C@H]2CC[C@]1(C(O)(c1ccccc1)c1ccccc1)C2(C)C. The normalized spacial score (nSPS) is 27.1. The van der Waals surface area contributed by atoms with E-state index in [4.69, 9.17) is 4.74 Å². The van der Waals surface area contributed by atoms with E-state index in [1.807, 2.05) is 60.7 Å². The molecule has 4 nitrogen and oxygen atoms in total. The van der Waals surface area contributed by atoms with Crippen LogP contribution in [-0.2, 0) is 19.9 Å². The van der Waals surface area contributed by atoms with Crippen LogP contribution in [0.3, 0.4) is 0 Å². The Morgan fingerprint density at radius 3 is 2.03 bits per heavy atom. The number of carbonyl (C=O) groups is 2. The Morgan fingerprint density at radius 1 is 1.03 bits per heavy atom. The van der Waals surface area contributed by atoms with Crippen LogP contribution in [0.2, 0.25) is 0 Å². The minimum absolute atomic E-state index is 0.118. The molecule has 2 saturated carbocycles. The zero-order valence-corrected chi connectivity index (χ0v) is 17.9. The highest BCUT2D eigenvalue weighted by Gasteiger charge is 2.74. The number of hydrogen-bond donors (Lipinski definition) is 1. The van der Waals surface area contributed by atoms with Crippen molar-refractivity contribution in [3.63, 3.8) is 0 Å². The third-order valence-corrected chi connectivity index (χ3v) is 7.93. The molecule has 0 radical (unpaired) electrons. The van der Waals surface area contributed by atoms with Gasteiger partial charge in [-0.15, -0.1) is 0 Å². The number of benzene rings is 2. The fourth-order valence-corrected chi connectivity index (χ4v) is 6.31. The van der Waals surface area contributed by atoms with Gasteiger partial charge in [0.25, 0.3) is 0 Å². The predicted octanol–water partition coefficient (Wildman–Crippen LogP) is 4.64. The Bertz CT molecular complexity index is 895. The molecule has 3 atom stereocenters. The van der Waals surface area contributed by atoms with Crippen molar-refractivity contribution in [2.24, 2.45) is 16.7 Å². The Balaban J connectivity index is 1.92. The highest BCUT2D eigenvalue weighted by molar-refractivity contribution is 6.33. The zero-order chi connectivity index (χ0) is 21.6. The van der Waals surface area contributed by atoms with Crippen molar-refractivity contribution in [2.75, 3.05) is 0 Å². The smallest absolute Gasteiger partial charge is 0.374 e. The first-order chi connectivity index (χ1) is 14.3. The van der Waals surface area contributed by atoms with E-state index in [1.165, 1.54) is 0 Å². The predicted molar refractivity (Wildman–Crippen MR) is 115 cm³/mol. The number of hydrogen-bond acceptors (Lipinski definition) is 4. The van der Waals surface area contributed by atoms with Gasteiger partial charge in [-0.25, -0.2) is 4.79 Å². The third-order valence-electron chi connectivity index (χ3n) is 7.93. The Labute approximate surface area is 178 Å². The van der Waals surface area contributed by atoms with Crippen molar-refractivity contribution in [3.05, 3.63) is 71.8 Å². The van der Waals surface area contributed by atoms with E-state index < -0.39 is 28.9 Å². The van der Waals surface area contributed by atoms with E-state index >= 15 is 0 Å². The van der Waals surface area contributed by atoms with Gasteiger partial charge < -0.3 is 9.84 Å². The molecule has 4 rings (SSSR count). The van der Waals surface area contributed by atoms with Gasteiger partial charge in [0.1, 0.15) is 11.7 Å². The number of Topliss-reactive ketones (excluding diaryl/α,β-unsaturated/α-hetero) is 1. The maximum absolute atomic E-state index is 12.7. The maximum atomic E-state index is 12.7. The number of rotatable bonds is 6. The first-order valence-electron chi connectivity index (χ1n) is 10.9. The number of ketones is 1. The van der Waals surface area contributed by atoms with Crippen molar-refractivity contribution in [1.82, 2.24) is 0 Å². The number of fused-ring (bicyclic) bond motifs is 2. The Hall–Kier alpha value is -2.46. The van der Waals surface area contributed by atoms with Crippen LogP contribution in [0.5, 0.6) is 0 Å². The van der Waals surface area contributed by atoms with Crippen LogP contribution in [0.15, 0.2) is 60.7 Å². The minimum Gasteiger partial charge on any atom is -0.456 e. The maximum Gasteiger partial charge on any atom is 0.374 e. The summed E-state index contributed by atoms with van der Waals surface area (Å²) >= 11 is 0. The molecule has 0 aromatic heterocycles. The first kappa shape index (κ1) is 20.8. The van der Waals surface area contributed by atoms with Gasteiger partial charge in [-0.1, -0.05) is 81.4 Å². The average molecular weight is 407 g/mol. The van der Waals surface area contributed by atoms with Crippen LogP contribution in [0, 0.1) is 16.7 Å².